The van der Waals surface area contributed by atoms with Gasteiger partial charge in [-0.2, -0.15) is 5.10 Å². The molecule has 2 aliphatic carbocycles. The Morgan fingerprint density at radius 1 is 1.31 bits per heavy atom. The Hall–Kier alpha value is -2.37. The minimum absolute atomic E-state index is 0.0324. The van der Waals surface area contributed by atoms with Gasteiger partial charge in [0.1, 0.15) is 5.75 Å². The van der Waals surface area contributed by atoms with E-state index in [1.54, 1.807) is 25.3 Å². The van der Waals surface area contributed by atoms with Crippen molar-refractivity contribution in [1.29, 1.82) is 0 Å². The zero-order chi connectivity index (χ0) is 18.6. The zero-order valence-corrected chi connectivity index (χ0v) is 15.4. The molecule has 0 spiro atoms. The third kappa shape index (κ3) is 4.06. The largest absolute Gasteiger partial charge is 0.482 e. The van der Waals surface area contributed by atoms with E-state index in [0.717, 1.165) is 18.4 Å². The molecule has 140 valence electrons. The van der Waals surface area contributed by atoms with E-state index in [4.69, 9.17) is 9.47 Å². The molecule has 26 heavy (non-hydrogen) atoms. The highest BCUT2D eigenvalue weighted by Gasteiger charge is 2.64. The van der Waals surface area contributed by atoms with E-state index in [1.807, 2.05) is 12.1 Å². The predicted octanol–water partition coefficient (Wildman–Crippen LogP) is 2.90. The maximum atomic E-state index is 12.3. The summed E-state index contributed by atoms with van der Waals surface area (Å²) in [5, 5.41) is 4.08. The molecule has 0 radical (unpaired) electrons. The molecule has 0 bridgehead atoms. The molecule has 0 unspecified atom stereocenters. The fraction of sp³-hybridized carbons (Fsp3) is 0.550. The lowest BCUT2D eigenvalue weighted by atomic mass is 9.90. The smallest absolute Gasteiger partial charge is 0.344 e. The maximum absolute atomic E-state index is 12.3. The van der Waals surface area contributed by atoms with Gasteiger partial charge in [-0.3, -0.25) is 4.79 Å². The third-order valence-corrected chi connectivity index (χ3v) is 5.54. The number of ether oxygens (including phenoxy) is 2. The van der Waals surface area contributed by atoms with Gasteiger partial charge in [0.25, 0.3) is 0 Å². The van der Waals surface area contributed by atoms with Crippen LogP contribution < -0.4 is 10.2 Å². The Morgan fingerprint density at radius 3 is 2.73 bits per heavy atom. The molecule has 0 aromatic heterocycles. The minimum Gasteiger partial charge on any atom is -0.482 e. The number of esters is 1. The van der Waals surface area contributed by atoms with Crippen molar-refractivity contribution in [1.82, 2.24) is 5.43 Å². The van der Waals surface area contributed by atoms with E-state index < -0.39 is 5.97 Å². The summed E-state index contributed by atoms with van der Waals surface area (Å²) < 4.78 is 10.1. The Bertz CT molecular complexity index is 686. The van der Waals surface area contributed by atoms with Crippen LogP contribution >= 0.6 is 0 Å². The van der Waals surface area contributed by atoms with Crippen molar-refractivity contribution in [2.24, 2.45) is 22.4 Å². The summed E-state index contributed by atoms with van der Waals surface area (Å²) in [6, 6.07) is 7.13. The molecule has 1 N–H and O–H groups in total. The van der Waals surface area contributed by atoms with E-state index in [9.17, 15) is 9.59 Å². The van der Waals surface area contributed by atoms with Crippen LogP contribution in [0.25, 0.3) is 0 Å². The van der Waals surface area contributed by atoms with Gasteiger partial charge >= 0.3 is 5.97 Å². The lowest BCUT2D eigenvalue weighted by Gasteiger charge is -2.15. The second-order valence-electron chi connectivity index (χ2n) is 7.23. The lowest BCUT2D eigenvalue weighted by molar-refractivity contribution is -0.145. The number of carbonyl (C=O) groups excluding carboxylic acids is 2. The SMILES string of the molecule is CCOC(=O)COc1ccc(/C=N\NC(=O)[C@@H]2[C@H]3CCCC[C@@]32C)cc1. The number of hydrogen-bond donors (Lipinski definition) is 1. The van der Waals surface area contributed by atoms with Crippen LogP contribution in [0.5, 0.6) is 5.75 Å². The number of benzene rings is 1. The highest BCUT2D eigenvalue weighted by atomic mass is 16.6. The van der Waals surface area contributed by atoms with Gasteiger partial charge < -0.3 is 9.47 Å². The summed E-state index contributed by atoms with van der Waals surface area (Å²) >= 11 is 0. The Morgan fingerprint density at radius 2 is 2.08 bits per heavy atom. The van der Waals surface area contributed by atoms with Crippen molar-refractivity contribution in [3.63, 3.8) is 0 Å². The first kappa shape index (κ1) is 18.4. The van der Waals surface area contributed by atoms with Crippen molar-refractivity contribution < 1.29 is 19.1 Å². The Kier molecular flexibility index (Phi) is 5.59. The van der Waals surface area contributed by atoms with Gasteiger partial charge in [0.05, 0.1) is 12.8 Å². The van der Waals surface area contributed by atoms with Crippen LogP contribution in [-0.4, -0.2) is 31.3 Å². The van der Waals surface area contributed by atoms with Crippen LogP contribution in [-0.2, 0) is 14.3 Å². The molecule has 6 heteroatoms. The number of nitrogens with zero attached hydrogens (tertiary/aromatic N) is 1. The number of amides is 1. The summed E-state index contributed by atoms with van der Waals surface area (Å²) in [5.74, 6) is 0.859. The molecule has 3 atom stereocenters. The number of rotatable bonds is 7. The van der Waals surface area contributed by atoms with Crippen LogP contribution in [0.1, 0.15) is 45.1 Å². The van der Waals surface area contributed by atoms with Crippen molar-refractivity contribution in [2.45, 2.75) is 39.5 Å². The fourth-order valence-electron chi connectivity index (χ4n) is 4.09. The van der Waals surface area contributed by atoms with Crippen LogP contribution in [0, 0.1) is 17.3 Å². The normalized spacial score (nSPS) is 26.8. The Balaban J connectivity index is 1.45. The molecule has 1 aromatic rings. The first-order chi connectivity index (χ1) is 12.5. The van der Waals surface area contributed by atoms with Gasteiger partial charge in [-0.25, -0.2) is 10.2 Å². The second kappa shape index (κ2) is 7.89. The van der Waals surface area contributed by atoms with E-state index in [1.165, 1.54) is 12.8 Å². The minimum atomic E-state index is -0.393. The van der Waals surface area contributed by atoms with Crippen molar-refractivity contribution in [2.75, 3.05) is 13.2 Å². The van der Waals surface area contributed by atoms with Gasteiger partial charge in [0, 0.05) is 5.92 Å². The summed E-state index contributed by atoms with van der Waals surface area (Å²) in [5.41, 5.74) is 3.71. The predicted molar refractivity (Wildman–Crippen MR) is 97.9 cm³/mol. The number of nitrogens with one attached hydrogen (secondary N) is 1. The van der Waals surface area contributed by atoms with Gasteiger partial charge in [-0.15, -0.1) is 0 Å². The van der Waals surface area contributed by atoms with E-state index in [-0.39, 0.29) is 23.8 Å². The molecule has 2 saturated carbocycles. The first-order valence-corrected chi connectivity index (χ1v) is 9.26. The molecule has 1 aromatic carbocycles. The molecular formula is C20H26N2O4. The average molecular weight is 358 g/mol. The number of carbonyl (C=O) groups is 2. The van der Waals surface area contributed by atoms with E-state index in [0.29, 0.717) is 18.3 Å². The fourth-order valence-corrected chi connectivity index (χ4v) is 4.09. The molecule has 2 fully saturated rings. The van der Waals surface area contributed by atoms with Crippen LogP contribution in [0.15, 0.2) is 29.4 Å². The van der Waals surface area contributed by atoms with Crippen LogP contribution in [0.3, 0.4) is 0 Å². The van der Waals surface area contributed by atoms with Crippen molar-refractivity contribution in [3.05, 3.63) is 29.8 Å². The standard InChI is InChI=1S/C20H26N2O4/c1-3-25-17(23)13-26-15-9-7-14(8-10-15)12-21-22-19(24)18-16-6-4-5-11-20(16,18)2/h7-10,12,16,18H,3-6,11,13H2,1-2H3,(H,22,24)/b21-12-/t16-,18+,20+/m1/s1. The highest BCUT2D eigenvalue weighted by Crippen LogP contribution is 2.66. The number of hydrogen-bond acceptors (Lipinski definition) is 5. The molecule has 0 saturated heterocycles. The maximum Gasteiger partial charge on any atom is 0.344 e. The van der Waals surface area contributed by atoms with E-state index >= 15 is 0 Å². The molecule has 2 aliphatic rings. The van der Waals surface area contributed by atoms with Crippen molar-refractivity contribution in [3.8, 4) is 5.75 Å². The summed E-state index contributed by atoms with van der Waals surface area (Å²) in [6.45, 7) is 4.20. The summed E-state index contributed by atoms with van der Waals surface area (Å²) in [7, 11) is 0. The highest BCUT2D eigenvalue weighted by molar-refractivity contribution is 5.86. The summed E-state index contributed by atoms with van der Waals surface area (Å²) in [4.78, 5) is 23.6. The molecule has 6 nitrogen and oxygen atoms in total. The zero-order valence-electron chi connectivity index (χ0n) is 15.4. The number of fused-ring (bicyclic) bond motifs is 1. The lowest BCUT2D eigenvalue weighted by Crippen LogP contribution is -2.22. The molecule has 0 aliphatic heterocycles. The van der Waals surface area contributed by atoms with Crippen LogP contribution in [0.2, 0.25) is 0 Å². The molecule has 1 amide bonds. The monoisotopic (exact) mass is 358 g/mol. The van der Waals surface area contributed by atoms with Crippen LogP contribution in [0.4, 0.5) is 0 Å². The molecule has 0 heterocycles. The van der Waals surface area contributed by atoms with Crippen molar-refractivity contribution >= 4 is 18.1 Å². The van der Waals surface area contributed by atoms with Gasteiger partial charge in [-0.05, 0) is 60.9 Å². The second-order valence-corrected chi connectivity index (χ2v) is 7.23. The molecule has 3 rings (SSSR count). The molecular weight excluding hydrogens is 332 g/mol. The number of hydrazone groups is 1. The van der Waals surface area contributed by atoms with E-state index in [2.05, 4.69) is 17.5 Å². The third-order valence-electron chi connectivity index (χ3n) is 5.54. The Labute approximate surface area is 153 Å². The average Bonchev–Trinajstić information content (AvgIpc) is 3.27. The summed E-state index contributed by atoms with van der Waals surface area (Å²) in [6.07, 6.45) is 6.38. The topological polar surface area (TPSA) is 77.0 Å². The first-order valence-electron chi connectivity index (χ1n) is 9.26. The van der Waals surface area contributed by atoms with Gasteiger partial charge in [0.2, 0.25) is 5.91 Å². The quantitative estimate of drug-likeness (QED) is 0.462. The van der Waals surface area contributed by atoms with Gasteiger partial charge in [0.15, 0.2) is 6.61 Å². The van der Waals surface area contributed by atoms with Gasteiger partial charge in [-0.1, -0.05) is 19.8 Å².